The first-order valence-corrected chi connectivity index (χ1v) is 9.02. The third-order valence-corrected chi connectivity index (χ3v) is 4.46. The Kier molecular flexibility index (Phi) is 5.56. The molecular formula is C21H24N2O3. The van der Waals surface area contributed by atoms with Crippen LogP contribution in [-0.2, 0) is 4.79 Å². The molecule has 5 heteroatoms. The van der Waals surface area contributed by atoms with Crippen molar-refractivity contribution in [1.29, 1.82) is 0 Å². The van der Waals surface area contributed by atoms with Crippen LogP contribution < -0.4 is 15.4 Å². The Hall–Kier alpha value is -2.82. The monoisotopic (exact) mass is 352 g/mol. The molecule has 0 aromatic heterocycles. The molecule has 1 saturated carbocycles. The summed E-state index contributed by atoms with van der Waals surface area (Å²) >= 11 is 0. The molecule has 2 unspecified atom stereocenters. The highest BCUT2D eigenvalue weighted by Crippen LogP contribution is 2.38. The number of nitrogens with one attached hydrogen (secondary N) is 2. The highest BCUT2D eigenvalue weighted by atomic mass is 16.5. The van der Waals surface area contributed by atoms with Gasteiger partial charge in [-0.25, -0.2) is 0 Å². The molecule has 2 N–H and O–H groups in total. The minimum absolute atomic E-state index is 0.0525. The third-order valence-electron chi connectivity index (χ3n) is 4.46. The molecule has 1 aliphatic rings. The second-order valence-electron chi connectivity index (χ2n) is 6.68. The van der Waals surface area contributed by atoms with E-state index >= 15 is 0 Å². The first-order chi connectivity index (χ1) is 12.6. The maximum Gasteiger partial charge on any atom is 0.255 e. The minimum Gasteiger partial charge on any atom is -0.491 e. The SMILES string of the molecule is CCCOc1ccccc1NC(=O)c1ccc(NC(=O)C2CC2C)cc1. The molecule has 3 rings (SSSR count). The van der Waals surface area contributed by atoms with Crippen molar-refractivity contribution in [3.8, 4) is 5.75 Å². The number of hydrogen-bond acceptors (Lipinski definition) is 3. The van der Waals surface area contributed by atoms with E-state index in [1.165, 1.54) is 0 Å². The molecule has 0 heterocycles. The first kappa shape index (κ1) is 18.0. The molecule has 5 nitrogen and oxygen atoms in total. The van der Waals surface area contributed by atoms with Crippen molar-refractivity contribution in [2.24, 2.45) is 11.8 Å². The largest absolute Gasteiger partial charge is 0.491 e. The number of anilines is 2. The van der Waals surface area contributed by atoms with Gasteiger partial charge in [-0.1, -0.05) is 26.0 Å². The van der Waals surface area contributed by atoms with Gasteiger partial charge in [0.25, 0.3) is 5.91 Å². The number of ether oxygens (including phenoxy) is 1. The van der Waals surface area contributed by atoms with Crippen LogP contribution in [0.2, 0.25) is 0 Å². The van der Waals surface area contributed by atoms with Gasteiger partial charge in [0.15, 0.2) is 0 Å². The van der Waals surface area contributed by atoms with Crippen LogP contribution in [0.15, 0.2) is 48.5 Å². The fraction of sp³-hybridized carbons (Fsp3) is 0.333. The van der Waals surface area contributed by atoms with Crippen molar-refractivity contribution < 1.29 is 14.3 Å². The lowest BCUT2D eigenvalue weighted by atomic mass is 10.1. The summed E-state index contributed by atoms with van der Waals surface area (Å²) < 4.78 is 5.66. The zero-order valence-electron chi connectivity index (χ0n) is 15.1. The Morgan fingerprint density at radius 2 is 1.77 bits per heavy atom. The molecule has 1 aliphatic carbocycles. The molecule has 2 atom stereocenters. The maximum atomic E-state index is 12.5. The van der Waals surface area contributed by atoms with Crippen molar-refractivity contribution in [1.82, 2.24) is 0 Å². The zero-order valence-corrected chi connectivity index (χ0v) is 15.1. The Bertz CT molecular complexity index is 786. The predicted octanol–water partition coefficient (Wildman–Crippen LogP) is 4.32. The standard InChI is InChI=1S/C21H24N2O3/c1-3-12-26-19-7-5-4-6-18(19)23-20(24)15-8-10-16(11-9-15)22-21(25)17-13-14(17)2/h4-11,14,17H,3,12-13H2,1-2H3,(H,22,25)(H,23,24). The Morgan fingerprint density at radius 3 is 2.42 bits per heavy atom. The van der Waals surface area contributed by atoms with Gasteiger partial charge < -0.3 is 15.4 Å². The highest BCUT2D eigenvalue weighted by molar-refractivity contribution is 6.05. The summed E-state index contributed by atoms with van der Waals surface area (Å²) in [5.74, 6) is 1.08. The van der Waals surface area contributed by atoms with Gasteiger partial charge in [0, 0.05) is 17.2 Å². The molecule has 0 aliphatic heterocycles. The van der Waals surface area contributed by atoms with Gasteiger partial charge in [-0.15, -0.1) is 0 Å². The average molecular weight is 352 g/mol. The van der Waals surface area contributed by atoms with Crippen molar-refractivity contribution in [3.63, 3.8) is 0 Å². The lowest BCUT2D eigenvalue weighted by Gasteiger charge is -2.12. The summed E-state index contributed by atoms with van der Waals surface area (Å²) in [6.07, 6.45) is 1.85. The van der Waals surface area contributed by atoms with Crippen molar-refractivity contribution in [3.05, 3.63) is 54.1 Å². The summed E-state index contributed by atoms with van der Waals surface area (Å²) in [5.41, 5.74) is 1.87. The van der Waals surface area contributed by atoms with E-state index in [1.54, 1.807) is 24.3 Å². The van der Waals surface area contributed by atoms with E-state index in [9.17, 15) is 9.59 Å². The van der Waals surface area contributed by atoms with E-state index < -0.39 is 0 Å². The molecular weight excluding hydrogens is 328 g/mol. The number of carbonyl (C=O) groups excluding carboxylic acids is 2. The van der Waals surface area contributed by atoms with E-state index in [2.05, 4.69) is 17.6 Å². The van der Waals surface area contributed by atoms with E-state index in [4.69, 9.17) is 4.74 Å². The van der Waals surface area contributed by atoms with Gasteiger partial charge >= 0.3 is 0 Å². The molecule has 0 saturated heterocycles. The summed E-state index contributed by atoms with van der Waals surface area (Å²) in [7, 11) is 0. The van der Waals surface area contributed by atoms with Gasteiger partial charge in [-0.3, -0.25) is 9.59 Å². The van der Waals surface area contributed by atoms with Crippen LogP contribution >= 0.6 is 0 Å². The van der Waals surface area contributed by atoms with E-state index in [0.717, 1.165) is 12.8 Å². The summed E-state index contributed by atoms with van der Waals surface area (Å²) in [4.78, 5) is 24.4. The average Bonchev–Trinajstić information content (AvgIpc) is 3.38. The number of benzene rings is 2. The Morgan fingerprint density at radius 1 is 1.08 bits per heavy atom. The number of carbonyl (C=O) groups is 2. The van der Waals surface area contributed by atoms with Crippen LogP contribution in [0.5, 0.6) is 5.75 Å². The minimum atomic E-state index is -0.216. The molecule has 1 fully saturated rings. The second kappa shape index (κ2) is 8.04. The van der Waals surface area contributed by atoms with Crippen LogP contribution in [0, 0.1) is 11.8 Å². The van der Waals surface area contributed by atoms with E-state index in [0.29, 0.717) is 35.2 Å². The van der Waals surface area contributed by atoms with Crippen LogP contribution in [-0.4, -0.2) is 18.4 Å². The summed E-state index contributed by atoms with van der Waals surface area (Å²) in [6, 6.07) is 14.3. The number of hydrogen-bond donors (Lipinski definition) is 2. The Labute approximate surface area is 153 Å². The number of rotatable bonds is 7. The third kappa shape index (κ3) is 4.42. The van der Waals surface area contributed by atoms with Crippen molar-refractivity contribution in [2.45, 2.75) is 26.7 Å². The van der Waals surface area contributed by atoms with Crippen LogP contribution in [0.1, 0.15) is 37.0 Å². The molecule has 26 heavy (non-hydrogen) atoms. The van der Waals surface area contributed by atoms with Gasteiger partial charge in [0.2, 0.25) is 5.91 Å². The molecule has 136 valence electrons. The fourth-order valence-electron chi connectivity index (χ4n) is 2.73. The number of amides is 2. The van der Waals surface area contributed by atoms with Crippen molar-refractivity contribution >= 4 is 23.2 Å². The summed E-state index contributed by atoms with van der Waals surface area (Å²) in [5, 5.41) is 5.77. The van der Waals surface area contributed by atoms with Crippen molar-refractivity contribution in [2.75, 3.05) is 17.2 Å². The smallest absolute Gasteiger partial charge is 0.255 e. The van der Waals surface area contributed by atoms with Crippen LogP contribution in [0.25, 0.3) is 0 Å². The molecule has 2 amide bonds. The normalized spacial score (nSPS) is 18.1. The first-order valence-electron chi connectivity index (χ1n) is 9.02. The fourth-order valence-corrected chi connectivity index (χ4v) is 2.73. The van der Waals surface area contributed by atoms with Crippen LogP contribution in [0.4, 0.5) is 11.4 Å². The predicted molar refractivity (Wildman–Crippen MR) is 103 cm³/mol. The quantitative estimate of drug-likeness (QED) is 0.780. The lowest BCUT2D eigenvalue weighted by Crippen LogP contribution is -2.15. The van der Waals surface area contributed by atoms with E-state index in [1.807, 2.05) is 31.2 Å². The molecule has 2 aromatic rings. The van der Waals surface area contributed by atoms with E-state index in [-0.39, 0.29) is 17.7 Å². The lowest BCUT2D eigenvalue weighted by molar-refractivity contribution is -0.117. The van der Waals surface area contributed by atoms with Gasteiger partial charge in [-0.05, 0) is 55.2 Å². The molecule has 0 bridgehead atoms. The van der Waals surface area contributed by atoms with Gasteiger partial charge in [-0.2, -0.15) is 0 Å². The molecule has 0 spiro atoms. The maximum absolute atomic E-state index is 12.5. The van der Waals surface area contributed by atoms with Crippen LogP contribution in [0.3, 0.4) is 0 Å². The highest BCUT2D eigenvalue weighted by Gasteiger charge is 2.39. The Balaban J connectivity index is 1.62. The topological polar surface area (TPSA) is 67.4 Å². The molecule has 0 radical (unpaired) electrons. The number of para-hydroxylation sites is 2. The van der Waals surface area contributed by atoms with Gasteiger partial charge in [0.1, 0.15) is 5.75 Å². The zero-order chi connectivity index (χ0) is 18.5. The second-order valence-corrected chi connectivity index (χ2v) is 6.68. The molecule has 2 aromatic carbocycles. The summed E-state index contributed by atoms with van der Waals surface area (Å²) in [6.45, 7) is 4.70. The van der Waals surface area contributed by atoms with Gasteiger partial charge in [0.05, 0.1) is 12.3 Å².